The summed E-state index contributed by atoms with van der Waals surface area (Å²) in [4.78, 5) is 4.43. The molecule has 0 amide bonds. The molecule has 1 unspecified atom stereocenters. The van der Waals surface area contributed by atoms with Gasteiger partial charge in [-0.15, -0.1) is 0 Å². The Labute approximate surface area is 96.5 Å². The Balaban J connectivity index is 2.36. The quantitative estimate of drug-likeness (QED) is 0.846. The summed E-state index contributed by atoms with van der Waals surface area (Å²) in [5.74, 6) is 0. The van der Waals surface area contributed by atoms with Gasteiger partial charge in [0.15, 0.2) is 0 Å². The summed E-state index contributed by atoms with van der Waals surface area (Å²) in [7, 11) is 0. The van der Waals surface area contributed by atoms with Crippen LogP contribution in [0.4, 0.5) is 0 Å². The molecule has 0 radical (unpaired) electrons. The number of rotatable bonds is 4. The zero-order valence-electron chi connectivity index (χ0n) is 9.69. The Morgan fingerprint density at radius 1 is 1.25 bits per heavy atom. The third kappa shape index (κ3) is 2.22. The first-order chi connectivity index (χ1) is 7.83. The fourth-order valence-electron chi connectivity index (χ4n) is 2.00. The van der Waals surface area contributed by atoms with Gasteiger partial charge < -0.3 is 5.73 Å². The number of nitrogens with zero attached hydrogens (tertiary/aromatic N) is 1. The van der Waals surface area contributed by atoms with Crippen molar-refractivity contribution in [2.75, 3.05) is 0 Å². The zero-order valence-corrected chi connectivity index (χ0v) is 9.69. The molecule has 1 heterocycles. The van der Waals surface area contributed by atoms with E-state index in [0.29, 0.717) is 0 Å². The van der Waals surface area contributed by atoms with Crippen LogP contribution in [0.3, 0.4) is 0 Å². The highest BCUT2D eigenvalue weighted by atomic mass is 14.8. The Morgan fingerprint density at radius 2 is 2.06 bits per heavy atom. The van der Waals surface area contributed by atoms with E-state index in [1.807, 2.05) is 24.4 Å². The van der Waals surface area contributed by atoms with Gasteiger partial charge >= 0.3 is 0 Å². The molecule has 0 aliphatic carbocycles. The molecule has 2 heteroatoms. The van der Waals surface area contributed by atoms with E-state index in [1.165, 1.54) is 17.2 Å². The van der Waals surface area contributed by atoms with Gasteiger partial charge in [-0.3, -0.25) is 4.98 Å². The number of fused-ring (bicyclic) bond motifs is 1. The Hall–Kier alpha value is -1.41. The van der Waals surface area contributed by atoms with Crippen LogP contribution in [0.5, 0.6) is 0 Å². The molecule has 2 aromatic rings. The van der Waals surface area contributed by atoms with Crippen LogP contribution >= 0.6 is 0 Å². The highest BCUT2D eigenvalue weighted by Crippen LogP contribution is 2.23. The largest absolute Gasteiger partial charge is 0.323 e. The Kier molecular flexibility index (Phi) is 3.52. The van der Waals surface area contributed by atoms with Crippen molar-refractivity contribution in [3.8, 4) is 0 Å². The van der Waals surface area contributed by atoms with Crippen LogP contribution in [-0.2, 0) is 0 Å². The summed E-state index contributed by atoms with van der Waals surface area (Å²) >= 11 is 0. The highest BCUT2D eigenvalue weighted by molar-refractivity contribution is 5.84. The minimum absolute atomic E-state index is 0.0612. The average molecular weight is 214 g/mol. The number of benzene rings is 1. The van der Waals surface area contributed by atoms with Crippen molar-refractivity contribution >= 4 is 10.8 Å². The van der Waals surface area contributed by atoms with Gasteiger partial charge in [-0.05, 0) is 17.9 Å². The van der Waals surface area contributed by atoms with Crippen molar-refractivity contribution in [2.24, 2.45) is 5.73 Å². The van der Waals surface area contributed by atoms with E-state index >= 15 is 0 Å². The average Bonchev–Trinajstić information content (AvgIpc) is 2.35. The maximum Gasteiger partial charge on any atom is 0.0649 e. The van der Waals surface area contributed by atoms with Crippen molar-refractivity contribution in [3.05, 3.63) is 42.2 Å². The summed E-state index contributed by atoms with van der Waals surface area (Å²) in [5.41, 5.74) is 7.22. The Bertz CT molecular complexity index is 460. The molecule has 0 spiro atoms. The van der Waals surface area contributed by atoms with Gasteiger partial charge in [0.2, 0.25) is 0 Å². The second kappa shape index (κ2) is 5.08. The van der Waals surface area contributed by atoms with Crippen molar-refractivity contribution in [1.82, 2.24) is 4.98 Å². The molecule has 0 bridgehead atoms. The molecule has 0 aliphatic rings. The molecular formula is C14H18N2. The molecule has 0 saturated carbocycles. The third-order valence-corrected chi connectivity index (χ3v) is 2.92. The molecule has 2 N–H and O–H groups in total. The van der Waals surface area contributed by atoms with Crippen molar-refractivity contribution in [3.63, 3.8) is 0 Å². The van der Waals surface area contributed by atoms with Crippen molar-refractivity contribution < 1.29 is 0 Å². The van der Waals surface area contributed by atoms with E-state index in [0.717, 1.165) is 18.5 Å². The molecule has 0 fully saturated rings. The first-order valence-corrected chi connectivity index (χ1v) is 5.92. The predicted octanol–water partition coefficient (Wildman–Crippen LogP) is 3.42. The molecule has 2 nitrogen and oxygen atoms in total. The fraction of sp³-hybridized carbons (Fsp3) is 0.357. The predicted molar refractivity (Wildman–Crippen MR) is 68.2 cm³/mol. The van der Waals surface area contributed by atoms with Gasteiger partial charge in [0.1, 0.15) is 0 Å². The van der Waals surface area contributed by atoms with Crippen LogP contribution in [0, 0.1) is 0 Å². The Morgan fingerprint density at radius 3 is 2.88 bits per heavy atom. The van der Waals surface area contributed by atoms with Gasteiger partial charge in [-0.2, -0.15) is 0 Å². The van der Waals surface area contributed by atoms with Crippen molar-refractivity contribution in [2.45, 2.75) is 32.2 Å². The topological polar surface area (TPSA) is 38.9 Å². The van der Waals surface area contributed by atoms with E-state index in [-0.39, 0.29) is 6.04 Å². The minimum atomic E-state index is 0.0612. The molecule has 0 saturated heterocycles. The SMILES string of the molecule is CCCCC(N)c1nccc2ccccc12. The van der Waals surface area contributed by atoms with E-state index in [2.05, 4.69) is 24.0 Å². The number of pyridine rings is 1. The number of unbranched alkanes of at least 4 members (excludes halogenated alkanes) is 1. The maximum atomic E-state index is 6.18. The van der Waals surface area contributed by atoms with E-state index < -0.39 is 0 Å². The molecule has 2 rings (SSSR count). The number of hydrogen-bond donors (Lipinski definition) is 1. The number of hydrogen-bond acceptors (Lipinski definition) is 2. The van der Waals surface area contributed by atoms with Crippen LogP contribution in [0.1, 0.15) is 37.9 Å². The number of aromatic nitrogens is 1. The van der Waals surface area contributed by atoms with Crippen LogP contribution < -0.4 is 5.73 Å². The fourth-order valence-corrected chi connectivity index (χ4v) is 2.00. The highest BCUT2D eigenvalue weighted by Gasteiger charge is 2.10. The molecule has 1 atom stereocenters. The van der Waals surface area contributed by atoms with Gasteiger partial charge in [0.25, 0.3) is 0 Å². The van der Waals surface area contributed by atoms with Crippen LogP contribution in [0.15, 0.2) is 36.5 Å². The lowest BCUT2D eigenvalue weighted by Crippen LogP contribution is -2.12. The van der Waals surface area contributed by atoms with E-state index in [4.69, 9.17) is 5.73 Å². The first-order valence-electron chi connectivity index (χ1n) is 5.92. The zero-order chi connectivity index (χ0) is 11.4. The molecular weight excluding hydrogens is 196 g/mol. The normalized spacial score (nSPS) is 12.9. The van der Waals surface area contributed by atoms with Gasteiger partial charge in [0.05, 0.1) is 5.69 Å². The molecule has 84 valence electrons. The van der Waals surface area contributed by atoms with Gasteiger partial charge in [0, 0.05) is 17.6 Å². The second-order valence-corrected chi connectivity index (χ2v) is 4.17. The smallest absolute Gasteiger partial charge is 0.0649 e. The van der Waals surface area contributed by atoms with Crippen molar-refractivity contribution in [1.29, 1.82) is 0 Å². The lowest BCUT2D eigenvalue weighted by molar-refractivity contribution is 0.594. The summed E-state index contributed by atoms with van der Waals surface area (Å²) in [6.45, 7) is 2.18. The lowest BCUT2D eigenvalue weighted by Gasteiger charge is -2.12. The summed E-state index contributed by atoms with van der Waals surface area (Å²) in [5, 5.41) is 2.41. The molecule has 16 heavy (non-hydrogen) atoms. The minimum Gasteiger partial charge on any atom is -0.323 e. The van der Waals surface area contributed by atoms with Gasteiger partial charge in [-0.25, -0.2) is 0 Å². The summed E-state index contributed by atoms with van der Waals surface area (Å²) in [6, 6.07) is 10.4. The summed E-state index contributed by atoms with van der Waals surface area (Å²) < 4.78 is 0. The lowest BCUT2D eigenvalue weighted by atomic mass is 10.0. The maximum absolute atomic E-state index is 6.18. The van der Waals surface area contributed by atoms with Crippen LogP contribution in [0.2, 0.25) is 0 Å². The standard InChI is InChI=1S/C14H18N2/c1-2-3-8-13(15)14-12-7-5-4-6-11(12)9-10-16-14/h4-7,9-10,13H,2-3,8,15H2,1H3. The van der Waals surface area contributed by atoms with Crippen LogP contribution in [0.25, 0.3) is 10.8 Å². The van der Waals surface area contributed by atoms with E-state index in [9.17, 15) is 0 Å². The van der Waals surface area contributed by atoms with E-state index in [1.54, 1.807) is 0 Å². The third-order valence-electron chi connectivity index (χ3n) is 2.92. The number of nitrogens with two attached hydrogens (primary N) is 1. The monoisotopic (exact) mass is 214 g/mol. The second-order valence-electron chi connectivity index (χ2n) is 4.17. The molecule has 1 aromatic heterocycles. The molecule has 1 aromatic carbocycles. The molecule has 0 aliphatic heterocycles. The first kappa shape index (κ1) is 11.1. The summed E-state index contributed by atoms with van der Waals surface area (Å²) in [6.07, 6.45) is 5.20. The van der Waals surface area contributed by atoms with Gasteiger partial charge in [-0.1, -0.05) is 44.0 Å². The van der Waals surface area contributed by atoms with Crippen LogP contribution in [-0.4, -0.2) is 4.98 Å².